The summed E-state index contributed by atoms with van der Waals surface area (Å²) in [6.45, 7) is 12.5. The number of para-hydroxylation sites is 2. The zero-order valence-electron chi connectivity index (χ0n) is 15.5. The number of rotatable bonds is 7. The Labute approximate surface area is 140 Å². The molecule has 1 amide bonds. The van der Waals surface area contributed by atoms with E-state index in [2.05, 4.69) is 26.1 Å². The standard InChI is InChI=1S/C19H31NO3/c1-8-14(23-16-12-10-9-11-15(16)22-7)17(21)20-19(5,6)13-18(2,3)4/h9-12,14H,8,13H2,1-7H3,(H,20,21)/t14-/m0/s1. The minimum atomic E-state index is -0.537. The highest BCUT2D eigenvalue weighted by atomic mass is 16.5. The van der Waals surface area contributed by atoms with Gasteiger partial charge in [-0.25, -0.2) is 0 Å². The third-order valence-corrected chi connectivity index (χ3v) is 3.44. The minimum Gasteiger partial charge on any atom is -0.493 e. The van der Waals surface area contributed by atoms with Crippen molar-refractivity contribution in [1.82, 2.24) is 5.32 Å². The van der Waals surface area contributed by atoms with Crippen molar-refractivity contribution in [2.75, 3.05) is 7.11 Å². The molecule has 4 heteroatoms. The fourth-order valence-corrected chi connectivity index (χ4v) is 2.98. The van der Waals surface area contributed by atoms with E-state index in [9.17, 15) is 4.79 Å². The summed E-state index contributed by atoms with van der Waals surface area (Å²) in [7, 11) is 1.59. The van der Waals surface area contributed by atoms with Crippen LogP contribution in [0.2, 0.25) is 0 Å². The second-order valence-corrected chi connectivity index (χ2v) is 7.78. The third-order valence-electron chi connectivity index (χ3n) is 3.44. The number of methoxy groups -OCH3 is 1. The van der Waals surface area contributed by atoms with Crippen molar-refractivity contribution < 1.29 is 14.3 Å². The third kappa shape index (κ3) is 6.51. The summed E-state index contributed by atoms with van der Waals surface area (Å²) in [6.07, 6.45) is 0.942. The Morgan fingerprint density at radius 1 is 1.13 bits per heavy atom. The minimum absolute atomic E-state index is 0.0901. The Kier molecular flexibility index (Phi) is 6.48. The van der Waals surface area contributed by atoms with Crippen LogP contribution in [0.25, 0.3) is 0 Å². The maximum atomic E-state index is 12.6. The van der Waals surface area contributed by atoms with E-state index in [1.807, 2.05) is 45.0 Å². The number of benzene rings is 1. The van der Waals surface area contributed by atoms with Gasteiger partial charge in [0.25, 0.3) is 5.91 Å². The lowest BCUT2D eigenvalue weighted by atomic mass is 9.81. The summed E-state index contributed by atoms with van der Waals surface area (Å²) in [4.78, 5) is 12.6. The number of carbonyl (C=O) groups is 1. The monoisotopic (exact) mass is 321 g/mol. The Bertz CT molecular complexity index is 518. The predicted molar refractivity (Wildman–Crippen MR) is 94.0 cm³/mol. The second-order valence-electron chi connectivity index (χ2n) is 7.78. The number of carbonyl (C=O) groups excluding carboxylic acids is 1. The van der Waals surface area contributed by atoms with Crippen LogP contribution in [0, 0.1) is 5.41 Å². The Morgan fingerprint density at radius 3 is 2.17 bits per heavy atom. The van der Waals surface area contributed by atoms with Crippen LogP contribution in [0.3, 0.4) is 0 Å². The van der Waals surface area contributed by atoms with Crippen molar-refractivity contribution in [3.8, 4) is 11.5 Å². The number of hydrogen-bond donors (Lipinski definition) is 1. The van der Waals surface area contributed by atoms with Gasteiger partial charge in [-0.1, -0.05) is 39.8 Å². The first-order valence-electron chi connectivity index (χ1n) is 8.19. The lowest BCUT2D eigenvalue weighted by Crippen LogP contribution is -2.50. The van der Waals surface area contributed by atoms with Gasteiger partial charge in [-0.15, -0.1) is 0 Å². The fourth-order valence-electron chi connectivity index (χ4n) is 2.98. The van der Waals surface area contributed by atoms with E-state index in [1.54, 1.807) is 7.11 Å². The summed E-state index contributed by atoms with van der Waals surface area (Å²) in [5, 5.41) is 3.12. The van der Waals surface area contributed by atoms with Crippen LogP contribution >= 0.6 is 0 Å². The van der Waals surface area contributed by atoms with E-state index in [0.29, 0.717) is 17.9 Å². The van der Waals surface area contributed by atoms with E-state index >= 15 is 0 Å². The van der Waals surface area contributed by atoms with Crippen molar-refractivity contribution in [3.05, 3.63) is 24.3 Å². The second kappa shape index (κ2) is 7.71. The summed E-state index contributed by atoms with van der Waals surface area (Å²) < 4.78 is 11.2. The van der Waals surface area contributed by atoms with E-state index in [4.69, 9.17) is 9.47 Å². The van der Waals surface area contributed by atoms with Gasteiger partial charge in [0.05, 0.1) is 7.11 Å². The van der Waals surface area contributed by atoms with Gasteiger partial charge in [0.15, 0.2) is 17.6 Å². The number of amides is 1. The first-order valence-corrected chi connectivity index (χ1v) is 8.19. The molecule has 0 saturated carbocycles. The summed E-state index contributed by atoms with van der Waals surface area (Å²) >= 11 is 0. The Balaban J connectivity index is 2.79. The van der Waals surface area contributed by atoms with Crippen molar-refractivity contribution in [2.45, 2.75) is 66.0 Å². The summed E-state index contributed by atoms with van der Waals surface area (Å²) in [5.41, 5.74) is -0.144. The van der Waals surface area contributed by atoms with Crippen LogP contribution < -0.4 is 14.8 Å². The van der Waals surface area contributed by atoms with E-state index < -0.39 is 6.10 Å². The molecule has 1 aromatic rings. The molecule has 0 fully saturated rings. The van der Waals surface area contributed by atoms with Crippen LogP contribution in [-0.4, -0.2) is 24.7 Å². The zero-order valence-corrected chi connectivity index (χ0v) is 15.5. The Morgan fingerprint density at radius 2 is 1.70 bits per heavy atom. The van der Waals surface area contributed by atoms with Crippen LogP contribution in [0.15, 0.2) is 24.3 Å². The highest BCUT2D eigenvalue weighted by Crippen LogP contribution is 2.29. The van der Waals surface area contributed by atoms with Gasteiger partial charge in [0.1, 0.15) is 0 Å². The van der Waals surface area contributed by atoms with Gasteiger partial charge < -0.3 is 14.8 Å². The molecule has 0 aromatic heterocycles. The molecule has 23 heavy (non-hydrogen) atoms. The maximum Gasteiger partial charge on any atom is 0.261 e. The van der Waals surface area contributed by atoms with Crippen LogP contribution in [0.4, 0.5) is 0 Å². The molecular weight excluding hydrogens is 290 g/mol. The molecule has 0 unspecified atom stereocenters. The summed E-state index contributed by atoms with van der Waals surface area (Å²) in [6, 6.07) is 7.38. The molecule has 0 bridgehead atoms. The van der Waals surface area contributed by atoms with Gasteiger partial charge in [-0.3, -0.25) is 4.79 Å². The first kappa shape index (κ1) is 19.3. The highest BCUT2D eigenvalue weighted by molar-refractivity contribution is 5.81. The number of ether oxygens (including phenoxy) is 2. The molecule has 1 atom stereocenters. The zero-order chi connectivity index (χ0) is 17.7. The lowest BCUT2D eigenvalue weighted by Gasteiger charge is -2.34. The SMILES string of the molecule is CC[C@H](Oc1ccccc1OC)C(=O)NC(C)(C)CC(C)(C)C. The molecular formula is C19H31NO3. The van der Waals surface area contributed by atoms with Crippen molar-refractivity contribution >= 4 is 5.91 Å². The van der Waals surface area contributed by atoms with Crippen molar-refractivity contribution in [3.63, 3.8) is 0 Å². The fraction of sp³-hybridized carbons (Fsp3) is 0.632. The van der Waals surface area contributed by atoms with Gasteiger partial charge in [-0.2, -0.15) is 0 Å². The molecule has 0 spiro atoms. The predicted octanol–water partition coefficient (Wildman–Crippen LogP) is 4.18. The molecule has 4 nitrogen and oxygen atoms in total. The van der Waals surface area contributed by atoms with Crippen LogP contribution in [0.5, 0.6) is 11.5 Å². The van der Waals surface area contributed by atoms with Crippen molar-refractivity contribution in [1.29, 1.82) is 0 Å². The van der Waals surface area contributed by atoms with Crippen molar-refractivity contribution in [2.24, 2.45) is 5.41 Å². The highest BCUT2D eigenvalue weighted by Gasteiger charge is 2.30. The van der Waals surface area contributed by atoms with E-state index in [0.717, 1.165) is 6.42 Å². The normalized spacial score (nSPS) is 13.3. The average molecular weight is 321 g/mol. The van der Waals surface area contributed by atoms with Gasteiger partial charge in [-0.05, 0) is 44.2 Å². The maximum absolute atomic E-state index is 12.6. The molecule has 0 aliphatic carbocycles. The number of hydrogen-bond acceptors (Lipinski definition) is 3. The van der Waals surface area contributed by atoms with Gasteiger partial charge in [0.2, 0.25) is 0 Å². The van der Waals surface area contributed by atoms with Crippen LogP contribution in [-0.2, 0) is 4.79 Å². The van der Waals surface area contributed by atoms with Gasteiger partial charge >= 0.3 is 0 Å². The van der Waals surface area contributed by atoms with E-state index in [-0.39, 0.29) is 16.9 Å². The molecule has 0 heterocycles. The van der Waals surface area contributed by atoms with E-state index in [1.165, 1.54) is 0 Å². The molecule has 0 aliphatic rings. The molecule has 130 valence electrons. The molecule has 1 N–H and O–H groups in total. The largest absolute Gasteiger partial charge is 0.493 e. The number of nitrogens with one attached hydrogen (secondary N) is 1. The average Bonchev–Trinajstić information content (AvgIpc) is 2.41. The quantitative estimate of drug-likeness (QED) is 0.819. The molecule has 0 aliphatic heterocycles. The molecule has 0 radical (unpaired) electrons. The van der Waals surface area contributed by atoms with Crippen LogP contribution in [0.1, 0.15) is 54.4 Å². The molecule has 1 aromatic carbocycles. The molecule has 0 saturated heterocycles. The smallest absolute Gasteiger partial charge is 0.261 e. The summed E-state index contributed by atoms with van der Waals surface area (Å²) in [5.74, 6) is 1.13. The first-order chi connectivity index (χ1) is 10.6. The Hall–Kier alpha value is -1.71. The molecule has 1 rings (SSSR count). The topological polar surface area (TPSA) is 47.6 Å². The lowest BCUT2D eigenvalue weighted by molar-refractivity contribution is -0.130. The van der Waals surface area contributed by atoms with Gasteiger partial charge in [0, 0.05) is 5.54 Å².